The average Bonchev–Trinajstić information content (AvgIpc) is 3.33. The van der Waals surface area contributed by atoms with E-state index in [1.54, 1.807) is 10.7 Å². The standard InChI is InChI=1S/C22H21BrN4O2/c1-13-6-7-19(29-13)17-5-3-4-15-8-9-26(14(2)21(15)17)22(28)18-10-20-24-11-16(23)12-27(20)25-18/h3-7,10-11,14,16H,8-9,12H2,1-2H3. The Morgan fingerprint density at radius 2 is 2.14 bits per heavy atom. The smallest absolute Gasteiger partial charge is 0.274 e. The van der Waals surface area contributed by atoms with Gasteiger partial charge >= 0.3 is 0 Å². The molecule has 148 valence electrons. The lowest BCUT2D eigenvalue weighted by molar-refractivity contribution is 0.0671. The molecule has 7 heteroatoms. The van der Waals surface area contributed by atoms with Gasteiger partial charge in [0.25, 0.3) is 5.91 Å². The van der Waals surface area contributed by atoms with Gasteiger partial charge in [-0.15, -0.1) is 0 Å². The summed E-state index contributed by atoms with van der Waals surface area (Å²) in [5, 5.41) is 4.51. The van der Waals surface area contributed by atoms with Crippen molar-refractivity contribution in [2.45, 2.75) is 37.7 Å². The normalized spacial score (nSPS) is 20.4. The molecular weight excluding hydrogens is 432 g/mol. The maximum atomic E-state index is 13.3. The number of alkyl halides is 1. The third-order valence-electron chi connectivity index (χ3n) is 5.66. The summed E-state index contributed by atoms with van der Waals surface area (Å²) in [6, 6.07) is 12.0. The monoisotopic (exact) mass is 452 g/mol. The Labute approximate surface area is 177 Å². The first-order valence-corrected chi connectivity index (χ1v) is 10.7. The number of carbonyl (C=O) groups excluding carboxylic acids is 1. The zero-order valence-electron chi connectivity index (χ0n) is 16.3. The van der Waals surface area contributed by atoms with E-state index in [-0.39, 0.29) is 16.8 Å². The minimum Gasteiger partial charge on any atom is -0.461 e. The zero-order chi connectivity index (χ0) is 20.1. The number of carbonyl (C=O) groups is 1. The van der Waals surface area contributed by atoms with Gasteiger partial charge in [-0.1, -0.05) is 34.1 Å². The van der Waals surface area contributed by atoms with E-state index in [0.29, 0.717) is 18.8 Å². The van der Waals surface area contributed by atoms with Gasteiger partial charge in [0.1, 0.15) is 11.5 Å². The first-order chi connectivity index (χ1) is 14.0. The van der Waals surface area contributed by atoms with Crippen molar-refractivity contribution in [2.75, 3.05) is 6.54 Å². The van der Waals surface area contributed by atoms with Crippen LogP contribution >= 0.6 is 15.9 Å². The van der Waals surface area contributed by atoms with Crippen LogP contribution in [0.1, 0.15) is 40.3 Å². The van der Waals surface area contributed by atoms with Crippen LogP contribution < -0.4 is 0 Å². The molecule has 0 aliphatic carbocycles. The van der Waals surface area contributed by atoms with Crippen LogP contribution in [-0.4, -0.2) is 38.2 Å². The number of amides is 1. The zero-order valence-corrected chi connectivity index (χ0v) is 17.9. The maximum absolute atomic E-state index is 13.3. The minimum absolute atomic E-state index is 0.0585. The summed E-state index contributed by atoms with van der Waals surface area (Å²) < 4.78 is 7.67. The number of nitrogens with zero attached hydrogens (tertiary/aromatic N) is 4. The fourth-order valence-electron chi connectivity index (χ4n) is 4.25. The molecule has 0 saturated carbocycles. The SMILES string of the molecule is Cc1ccc(-c2cccc3c2C(C)N(C(=O)c2cc4n(n2)CC(Br)C=N4)CC3)o1. The van der Waals surface area contributed by atoms with Gasteiger partial charge in [-0.05, 0) is 43.5 Å². The van der Waals surface area contributed by atoms with Crippen molar-refractivity contribution in [1.29, 1.82) is 0 Å². The largest absolute Gasteiger partial charge is 0.461 e. The molecule has 2 aliphatic heterocycles. The summed E-state index contributed by atoms with van der Waals surface area (Å²) in [5.74, 6) is 2.39. The number of benzene rings is 1. The molecule has 0 radical (unpaired) electrons. The van der Waals surface area contributed by atoms with E-state index in [4.69, 9.17) is 4.42 Å². The Kier molecular flexibility index (Phi) is 4.42. The van der Waals surface area contributed by atoms with E-state index < -0.39 is 0 Å². The molecule has 2 aliphatic rings. The van der Waals surface area contributed by atoms with Crippen molar-refractivity contribution >= 4 is 33.9 Å². The summed E-state index contributed by atoms with van der Waals surface area (Å²) >= 11 is 3.53. The highest BCUT2D eigenvalue weighted by molar-refractivity contribution is 9.09. The van der Waals surface area contributed by atoms with Crippen molar-refractivity contribution in [1.82, 2.24) is 14.7 Å². The second-order valence-electron chi connectivity index (χ2n) is 7.58. The highest BCUT2D eigenvalue weighted by atomic mass is 79.9. The van der Waals surface area contributed by atoms with Crippen LogP contribution in [-0.2, 0) is 13.0 Å². The lowest BCUT2D eigenvalue weighted by Gasteiger charge is -2.36. The van der Waals surface area contributed by atoms with Crippen LogP contribution in [0.4, 0.5) is 5.82 Å². The molecule has 0 spiro atoms. The molecule has 0 N–H and O–H groups in total. The highest BCUT2D eigenvalue weighted by Gasteiger charge is 2.32. The Morgan fingerprint density at radius 1 is 1.28 bits per heavy atom. The number of aryl methyl sites for hydroxylation is 1. The lowest BCUT2D eigenvalue weighted by atomic mass is 9.88. The molecule has 2 atom stereocenters. The van der Waals surface area contributed by atoms with E-state index in [1.165, 1.54) is 5.56 Å². The topological polar surface area (TPSA) is 63.6 Å². The second-order valence-corrected chi connectivity index (χ2v) is 8.75. The Balaban J connectivity index is 1.49. The van der Waals surface area contributed by atoms with Gasteiger partial charge in [-0.2, -0.15) is 5.10 Å². The predicted molar refractivity (Wildman–Crippen MR) is 115 cm³/mol. The van der Waals surface area contributed by atoms with Gasteiger partial charge in [0.05, 0.1) is 17.4 Å². The van der Waals surface area contributed by atoms with E-state index >= 15 is 0 Å². The molecule has 1 amide bonds. The molecular formula is C22H21BrN4O2. The summed E-state index contributed by atoms with van der Waals surface area (Å²) in [7, 11) is 0. The third-order valence-corrected chi connectivity index (χ3v) is 6.19. The average molecular weight is 453 g/mol. The third kappa shape index (κ3) is 3.13. The molecule has 0 saturated heterocycles. The van der Waals surface area contributed by atoms with E-state index in [1.807, 2.05) is 30.2 Å². The Bertz CT molecular complexity index is 1130. The molecule has 2 aromatic heterocycles. The number of rotatable bonds is 2. The van der Waals surface area contributed by atoms with Gasteiger partial charge in [-0.3, -0.25) is 4.79 Å². The Hall–Kier alpha value is -2.67. The van der Waals surface area contributed by atoms with Crippen LogP contribution in [0.2, 0.25) is 0 Å². The molecule has 4 heterocycles. The van der Waals surface area contributed by atoms with Gasteiger partial charge in [0, 0.05) is 24.4 Å². The number of aliphatic imine (C=N–C) groups is 1. The van der Waals surface area contributed by atoms with Gasteiger partial charge in [-0.25, -0.2) is 9.67 Å². The first-order valence-electron chi connectivity index (χ1n) is 9.77. The van der Waals surface area contributed by atoms with Gasteiger partial charge in [0.2, 0.25) is 0 Å². The second kappa shape index (κ2) is 6.99. The van der Waals surface area contributed by atoms with Crippen LogP contribution in [0, 0.1) is 6.92 Å². The minimum atomic E-state index is -0.0704. The molecule has 5 rings (SSSR count). The van der Waals surface area contributed by atoms with Crippen molar-refractivity contribution < 1.29 is 9.21 Å². The molecule has 0 bridgehead atoms. The molecule has 1 aromatic carbocycles. The molecule has 3 aromatic rings. The molecule has 2 unspecified atom stereocenters. The lowest BCUT2D eigenvalue weighted by Crippen LogP contribution is -2.39. The Morgan fingerprint density at radius 3 is 2.93 bits per heavy atom. The van der Waals surface area contributed by atoms with Gasteiger partial charge < -0.3 is 9.32 Å². The number of aromatic nitrogens is 2. The number of hydrogen-bond acceptors (Lipinski definition) is 4. The summed E-state index contributed by atoms with van der Waals surface area (Å²) in [6.07, 6.45) is 2.65. The summed E-state index contributed by atoms with van der Waals surface area (Å²) in [4.78, 5) is 19.8. The molecule has 29 heavy (non-hydrogen) atoms. The summed E-state index contributed by atoms with van der Waals surface area (Å²) in [5.41, 5.74) is 3.92. The van der Waals surface area contributed by atoms with Crippen LogP contribution in [0.15, 0.2) is 45.8 Å². The summed E-state index contributed by atoms with van der Waals surface area (Å²) in [6.45, 7) is 5.36. The number of fused-ring (bicyclic) bond motifs is 2. The van der Waals surface area contributed by atoms with Crippen LogP contribution in [0.5, 0.6) is 0 Å². The van der Waals surface area contributed by atoms with Crippen molar-refractivity contribution in [3.05, 3.63) is 59.0 Å². The molecule has 6 nitrogen and oxygen atoms in total. The van der Waals surface area contributed by atoms with E-state index in [0.717, 1.165) is 34.9 Å². The quantitative estimate of drug-likeness (QED) is 0.529. The van der Waals surface area contributed by atoms with Crippen LogP contribution in [0.25, 0.3) is 11.3 Å². The van der Waals surface area contributed by atoms with Crippen molar-refractivity contribution in [3.8, 4) is 11.3 Å². The first kappa shape index (κ1) is 18.4. The van der Waals surface area contributed by atoms with Crippen molar-refractivity contribution in [3.63, 3.8) is 0 Å². The number of furan rings is 1. The van der Waals surface area contributed by atoms with Crippen molar-refractivity contribution in [2.24, 2.45) is 4.99 Å². The van der Waals surface area contributed by atoms with Gasteiger partial charge in [0.15, 0.2) is 11.5 Å². The fourth-order valence-corrected chi connectivity index (χ4v) is 4.65. The predicted octanol–water partition coefficient (Wildman–Crippen LogP) is 4.69. The highest BCUT2D eigenvalue weighted by Crippen LogP contribution is 2.38. The molecule has 0 fully saturated rings. The number of halogens is 1. The van der Waals surface area contributed by atoms with E-state index in [2.05, 4.69) is 51.1 Å². The maximum Gasteiger partial charge on any atom is 0.274 e. The van der Waals surface area contributed by atoms with E-state index in [9.17, 15) is 4.79 Å². The fraction of sp³-hybridized carbons (Fsp3) is 0.318. The van der Waals surface area contributed by atoms with Crippen LogP contribution in [0.3, 0.4) is 0 Å². The number of hydrogen-bond donors (Lipinski definition) is 0.